The van der Waals surface area contributed by atoms with Crippen LogP contribution in [-0.2, 0) is 22.4 Å². The van der Waals surface area contributed by atoms with Crippen molar-refractivity contribution in [3.05, 3.63) is 93.3 Å². The van der Waals surface area contributed by atoms with Crippen molar-refractivity contribution in [3.63, 3.8) is 0 Å². The molecule has 0 aliphatic heterocycles. The van der Waals surface area contributed by atoms with Crippen LogP contribution in [0.3, 0.4) is 0 Å². The summed E-state index contributed by atoms with van der Waals surface area (Å²) in [5.41, 5.74) is 3.99. The van der Waals surface area contributed by atoms with Gasteiger partial charge in [-0.25, -0.2) is 13.7 Å². The number of carboxylic acids is 1. The van der Waals surface area contributed by atoms with E-state index in [1.807, 2.05) is 23.6 Å². The number of aliphatic carboxylic acids is 1. The molecule has 0 bridgehead atoms. The molecule has 1 aliphatic rings. The van der Waals surface area contributed by atoms with Crippen molar-refractivity contribution >= 4 is 11.6 Å². The van der Waals surface area contributed by atoms with Crippen LogP contribution in [0.5, 0.6) is 0 Å². The molecule has 218 valence electrons. The van der Waals surface area contributed by atoms with Crippen LogP contribution in [0, 0.1) is 17.1 Å². The SMILES string of the molecule is CCCc1c(Cc2ccc(-c3ccccc3C#N)cc2F)c(=O)n([C@H]2CC[C@H](OC(CC)C(=O)O)CC2)c2ccnn12. The van der Waals surface area contributed by atoms with Crippen molar-refractivity contribution in [3.8, 4) is 17.2 Å². The lowest BCUT2D eigenvalue weighted by molar-refractivity contribution is -0.156. The number of halogens is 1. The predicted octanol–water partition coefficient (Wildman–Crippen LogP) is 6.08. The van der Waals surface area contributed by atoms with Crippen molar-refractivity contribution in [2.24, 2.45) is 0 Å². The van der Waals surface area contributed by atoms with Crippen LogP contribution in [-0.4, -0.2) is 37.5 Å². The average Bonchev–Trinajstić information content (AvgIpc) is 3.48. The fraction of sp³-hybridized carbons (Fsp3) is 0.394. The molecule has 2 heterocycles. The lowest BCUT2D eigenvalue weighted by Gasteiger charge is -2.32. The molecule has 0 amide bonds. The van der Waals surface area contributed by atoms with E-state index in [-0.39, 0.29) is 24.1 Å². The van der Waals surface area contributed by atoms with Crippen LogP contribution in [0.1, 0.15) is 80.8 Å². The first-order chi connectivity index (χ1) is 20.4. The van der Waals surface area contributed by atoms with Crippen LogP contribution >= 0.6 is 0 Å². The molecule has 9 heteroatoms. The molecule has 0 saturated heterocycles. The molecule has 1 N–H and O–H groups in total. The summed E-state index contributed by atoms with van der Waals surface area (Å²) in [7, 11) is 0. The van der Waals surface area contributed by atoms with E-state index in [2.05, 4.69) is 11.2 Å². The average molecular weight is 571 g/mol. The number of nitrogens with zero attached hydrogens (tertiary/aromatic N) is 4. The van der Waals surface area contributed by atoms with Gasteiger partial charge in [0, 0.05) is 24.1 Å². The van der Waals surface area contributed by atoms with Gasteiger partial charge >= 0.3 is 5.97 Å². The van der Waals surface area contributed by atoms with E-state index in [0.717, 1.165) is 12.1 Å². The highest BCUT2D eigenvalue weighted by molar-refractivity contribution is 5.72. The van der Waals surface area contributed by atoms with Gasteiger partial charge in [0.05, 0.1) is 29.6 Å². The summed E-state index contributed by atoms with van der Waals surface area (Å²) in [6.07, 6.45) is 5.23. The number of carbonyl (C=O) groups is 1. The molecule has 1 saturated carbocycles. The molecule has 5 rings (SSSR count). The number of nitriles is 1. The summed E-state index contributed by atoms with van der Waals surface area (Å²) in [6.45, 7) is 3.83. The first kappa shape index (κ1) is 29.2. The molecule has 2 aromatic heterocycles. The third-order valence-electron chi connectivity index (χ3n) is 8.23. The van der Waals surface area contributed by atoms with E-state index in [1.165, 1.54) is 6.07 Å². The number of rotatable bonds is 10. The number of aromatic nitrogens is 3. The Morgan fingerprint density at radius 2 is 1.93 bits per heavy atom. The highest BCUT2D eigenvalue weighted by Crippen LogP contribution is 2.32. The van der Waals surface area contributed by atoms with Gasteiger partial charge in [-0.2, -0.15) is 10.4 Å². The van der Waals surface area contributed by atoms with Crippen molar-refractivity contribution in [2.45, 2.75) is 83.5 Å². The Balaban J connectivity index is 1.49. The molecule has 0 spiro atoms. The summed E-state index contributed by atoms with van der Waals surface area (Å²) in [5.74, 6) is -1.39. The fourth-order valence-electron chi connectivity index (χ4n) is 6.09. The fourth-order valence-corrected chi connectivity index (χ4v) is 6.09. The number of carboxylic acid groups (broad SMARTS) is 1. The number of benzene rings is 2. The Hall–Kier alpha value is -4.29. The topological polar surface area (TPSA) is 110 Å². The Morgan fingerprint density at radius 1 is 1.17 bits per heavy atom. The van der Waals surface area contributed by atoms with Gasteiger partial charge in [-0.1, -0.05) is 50.6 Å². The number of ether oxygens (including phenoxy) is 1. The highest BCUT2D eigenvalue weighted by Gasteiger charge is 2.30. The van der Waals surface area contributed by atoms with Crippen LogP contribution < -0.4 is 5.56 Å². The summed E-state index contributed by atoms with van der Waals surface area (Å²) in [5, 5.41) is 23.4. The largest absolute Gasteiger partial charge is 0.479 e. The Morgan fingerprint density at radius 3 is 2.60 bits per heavy atom. The van der Waals surface area contributed by atoms with E-state index in [9.17, 15) is 20.0 Å². The molecule has 1 aliphatic carbocycles. The van der Waals surface area contributed by atoms with E-state index < -0.39 is 17.9 Å². The molecule has 1 atom stereocenters. The maximum absolute atomic E-state index is 15.6. The van der Waals surface area contributed by atoms with Crippen LogP contribution in [0.2, 0.25) is 0 Å². The van der Waals surface area contributed by atoms with E-state index >= 15 is 4.39 Å². The van der Waals surface area contributed by atoms with Crippen molar-refractivity contribution < 1.29 is 19.0 Å². The van der Waals surface area contributed by atoms with Gasteiger partial charge < -0.3 is 9.84 Å². The maximum Gasteiger partial charge on any atom is 0.332 e. The third kappa shape index (κ3) is 5.72. The molecule has 2 aromatic carbocycles. The van der Waals surface area contributed by atoms with Gasteiger partial charge in [0.15, 0.2) is 6.10 Å². The Kier molecular flexibility index (Phi) is 8.83. The molecule has 4 aromatic rings. The zero-order valence-corrected chi connectivity index (χ0v) is 23.9. The zero-order chi connectivity index (χ0) is 29.8. The summed E-state index contributed by atoms with van der Waals surface area (Å²) >= 11 is 0. The summed E-state index contributed by atoms with van der Waals surface area (Å²) in [6, 6.07) is 15.9. The highest BCUT2D eigenvalue weighted by atomic mass is 19.1. The van der Waals surface area contributed by atoms with Gasteiger partial charge in [-0.15, -0.1) is 0 Å². The minimum atomic E-state index is -0.956. The number of hydrogen-bond donors (Lipinski definition) is 1. The second-order valence-corrected chi connectivity index (χ2v) is 10.9. The lowest BCUT2D eigenvalue weighted by Crippen LogP contribution is -2.36. The quantitative estimate of drug-likeness (QED) is 0.247. The van der Waals surface area contributed by atoms with Crippen molar-refractivity contribution in [1.29, 1.82) is 5.26 Å². The van der Waals surface area contributed by atoms with E-state index in [4.69, 9.17) is 4.74 Å². The second-order valence-electron chi connectivity index (χ2n) is 10.9. The first-order valence-corrected chi connectivity index (χ1v) is 14.6. The van der Waals surface area contributed by atoms with Gasteiger partial charge in [0.25, 0.3) is 5.56 Å². The minimum absolute atomic E-state index is 0.106. The normalized spacial score (nSPS) is 17.7. The molecule has 42 heavy (non-hydrogen) atoms. The molecule has 1 unspecified atom stereocenters. The molecule has 1 fully saturated rings. The lowest BCUT2D eigenvalue weighted by atomic mass is 9.92. The van der Waals surface area contributed by atoms with Crippen LogP contribution in [0.4, 0.5) is 4.39 Å². The molecule has 0 radical (unpaired) electrons. The Bertz CT molecular complexity index is 1690. The van der Waals surface area contributed by atoms with Crippen LogP contribution in [0.25, 0.3) is 16.8 Å². The van der Waals surface area contributed by atoms with E-state index in [1.54, 1.807) is 48.0 Å². The molecular weight excluding hydrogens is 535 g/mol. The predicted molar refractivity (Wildman–Crippen MR) is 157 cm³/mol. The second kappa shape index (κ2) is 12.7. The summed E-state index contributed by atoms with van der Waals surface area (Å²) in [4.78, 5) is 25.7. The minimum Gasteiger partial charge on any atom is -0.479 e. The third-order valence-corrected chi connectivity index (χ3v) is 8.23. The number of aryl methyl sites for hydroxylation is 1. The Labute approximate surface area is 244 Å². The standard InChI is InChI=1S/C33H35FN4O4/c1-3-7-29-27(18-22-11-10-21(19-28(22)34)26-9-6-5-8-23(26)20-35)32(39)37(31-16-17-36-38(29)31)24-12-14-25(15-13-24)42-30(4-2)33(40)41/h5-6,8-11,16-17,19,24-25,30H,3-4,7,12-15,18H2,1-2H3,(H,40,41)/t24-,25-,30?. The van der Waals surface area contributed by atoms with Gasteiger partial charge in [0.1, 0.15) is 11.5 Å². The molecular formula is C33H35FN4O4. The smallest absolute Gasteiger partial charge is 0.332 e. The van der Waals surface area contributed by atoms with Gasteiger partial charge in [-0.3, -0.25) is 9.36 Å². The monoisotopic (exact) mass is 570 g/mol. The van der Waals surface area contributed by atoms with Crippen molar-refractivity contribution in [2.75, 3.05) is 0 Å². The van der Waals surface area contributed by atoms with Gasteiger partial charge in [-0.05, 0) is 67.3 Å². The number of fused-ring (bicyclic) bond motifs is 1. The zero-order valence-electron chi connectivity index (χ0n) is 23.9. The first-order valence-electron chi connectivity index (χ1n) is 14.6. The van der Waals surface area contributed by atoms with E-state index in [0.29, 0.717) is 72.0 Å². The maximum atomic E-state index is 15.6. The molecule has 8 nitrogen and oxygen atoms in total. The number of hydrogen-bond acceptors (Lipinski definition) is 5. The summed E-state index contributed by atoms with van der Waals surface area (Å²) < 4.78 is 25.0. The van der Waals surface area contributed by atoms with Gasteiger partial charge in [0.2, 0.25) is 0 Å². The van der Waals surface area contributed by atoms with Crippen molar-refractivity contribution in [1.82, 2.24) is 14.2 Å². The van der Waals surface area contributed by atoms with Crippen LogP contribution in [0.15, 0.2) is 59.5 Å².